The van der Waals surface area contributed by atoms with E-state index >= 15 is 0 Å². The lowest BCUT2D eigenvalue weighted by Gasteiger charge is -2.14. The van der Waals surface area contributed by atoms with Gasteiger partial charge in [-0.15, -0.1) is 0 Å². The summed E-state index contributed by atoms with van der Waals surface area (Å²) in [7, 11) is 3.04. The average molecular weight is 307 g/mol. The van der Waals surface area contributed by atoms with Crippen molar-refractivity contribution in [3.8, 4) is 11.5 Å². The second-order valence-electron chi connectivity index (χ2n) is 4.45. The number of ether oxygens (including phenoxy) is 3. The second kappa shape index (κ2) is 8.71. The van der Waals surface area contributed by atoms with Gasteiger partial charge in [-0.2, -0.15) is 0 Å². The molecule has 0 unspecified atom stereocenters. The number of rotatable bonds is 7. The summed E-state index contributed by atoms with van der Waals surface area (Å²) in [4.78, 5) is 23.4. The minimum atomic E-state index is -0.901. The minimum Gasteiger partial charge on any atom is -0.493 e. The predicted molar refractivity (Wildman–Crippen MR) is 83.2 cm³/mol. The Morgan fingerprint density at radius 3 is 2.50 bits per heavy atom. The molecule has 6 nitrogen and oxygen atoms in total. The van der Waals surface area contributed by atoms with Crippen molar-refractivity contribution >= 4 is 17.6 Å². The fraction of sp³-hybridized carbons (Fsp3) is 0.375. The van der Waals surface area contributed by atoms with E-state index in [4.69, 9.17) is 14.2 Å². The van der Waals surface area contributed by atoms with E-state index in [2.05, 4.69) is 5.32 Å². The van der Waals surface area contributed by atoms with Crippen molar-refractivity contribution in [1.82, 2.24) is 0 Å². The lowest BCUT2D eigenvalue weighted by atomic mass is 10.2. The first kappa shape index (κ1) is 17.6. The van der Waals surface area contributed by atoms with Gasteiger partial charge in [0.2, 0.25) is 0 Å². The molecule has 0 aliphatic rings. The molecule has 0 fully saturated rings. The first-order valence-corrected chi connectivity index (χ1v) is 6.91. The number of benzene rings is 1. The van der Waals surface area contributed by atoms with Crippen LogP contribution in [0.15, 0.2) is 30.4 Å². The number of methoxy groups -OCH3 is 2. The number of allylic oxidation sites excluding steroid dienone is 1. The normalized spacial score (nSPS) is 11.8. The van der Waals surface area contributed by atoms with Crippen molar-refractivity contribution in [2.24, 2.45) is 0 Å². The van der Waals surface area contributed by atoms with Crippen LogP contribution in [-0.4, -0.2) is 32.2 Å². The van der Waals surface area contributed by atoms with E-state index in [0.29, 0.717) is 17.2 Å². The topological polar surface area (TPSA) is 73.9 Å². The molecule has 0 aromatic heterocycles. The SMILES string of the molecule is CC/C=C/C(=O)O[C@@H](C)C(=O)Nc1ccc(OC)c(OC)c1. The molecule has 0 saturated carbocycles. The van der Waals surface area contributed by atoms with Gasteiger partial charge in [0.1, 0.15) is 0 Å². The Hall–Kier alpha value is -2.50. The number of carbonyl (C=O) groups is 2. The highest BCUT2D eigenvalue weighted by atomic mass is 16.5. The molecule has 1 atom stereocenters. The van der Waals surface area contributed by atoms with Crippen LogP contribution >= 0.6 is 0 Å². The average Bonchev–Trinajstić information content (AvgIpc) is 2.52. The zero-order chi connectivity index (χ0) is 16.5. The molecule has 1 rings (SSSR count). The van der Waals surface area contributed by atoms with Crippen LogP contribution in [0, 0.1) is 0 Å². The highest BCUT2D eigenvalue weighted by Crippen LogP contribution is 2.29. The molecule has 0 saturated heterocycles. The molecule has 1 amide bonds. The lowest BCUT2D eigenvalue weighted by Crippen LogP contribution is -2.29. The van der Waals surface area contributed by atoms with Gasteiger partial charge in [-0.05, 0) is 25.5 Å². The van der Waals surface area contributed by atoms with Crippen LogP contribution in [0.3, 0.4) is 0 Å². The van der Waals surface area contributed by atoms with Gasteiger partial charge in [0.05, 0.1) is 14.2 Å². The van der Waals surface area contributed by atoms with Crippen molar-refractivity contribution < 1.29 is 23.8 Å². The largest absolute Gasteiger partial charge is 0.493 e. The van der Waals surface area contributed by atoms with Crippen molar-refractivity contribution in [1.29, 1.82) is 0 Å². The molecule has 22 heavy (non-hydrogen) atoms. The van der Waals surface area contributed by atoms with Crippen molar-refractivity contribution in [2.75, 3.05) is 19.5 Å². The van der Waals surface area contributed by atoms with Gasteiger partial charge in [-0.3, -0.25) is 4.79 Å². The minimum absolute atomic E-state index is 0.425. The summed E-state index contributed by atoms with van der Waals surface area (Å²) in [5, 5.41) is 2.65. The number of amides is 1. The van der Waals surface area contributed by atoms with Gasteiger partial charge in [0.15, 0.2) is 17.6 Å². The van der Waals surface area contributed by atoms with Gasteiger partial charge in [0.25, 0.3) is 5.91 Å². The summed E-state index contributed by atoms with van der Waals surface area (Å²) >= 11 is 0. The molecule has 0 spiro atoms. The summed E-state index contributed by atoms with van der Waals surface area (Å²) in [6.07, 6.45) is 2.80. The number of anilines is 1. The number of carbonyl (C=O) groups excluding carboxylic acids is 2. The van der Waals surface area contributed by atoms with E-state index in [-0.39, 0.29) is 0 Å². The van der Waals surface area contributed by atoms with Crippen LogP contribution in [0.5, 0.6) is 11.5 Å². The Labute approximate surface area is 130 Å². The molecule has 1 N–H and O–H groups in total. The van der Waals surface area contributed by atoms with Crippen LogP contribution in [0.2, 0.25) is 0 Å². The quantitative estimate of drug-likeness (QED) is 0.619. The van der Waals surface area contributed by atoms with Crippen LogP contribution in [0.4, 0.5) is 5.69 Å². The first-order chi connectivity index (χ1) is 10.5. The standard InChI is InChI=1S/C16H21NO5/c1-5-6-7-15(18)22-11(2)16(19)17-12-8-9-13(20-3)14(10-12)21-4/h6-11H,5H2,1-4H3,(H,17,19)/b7-6+/t11-/m0/s1. The first-order valence-electron chi connectivity index (χ1n) is 6.91. The summed E-state index contributed by atoms with van der Waals surface area (Å²) in [5.74, 6) is 0.0859. The van der Waals surface area contributed by atoms with E-state index in [0.717, 1.165) is 6.42 Å². The zero-order valence-electron chi connectivity index (χ0n) is 13.2. The van der Waals surface area contributed by atoms with E-state index in [9.17, 15) is 9.59 Å². The van der Waals surface area contributed by atoms with Gasteiger partial charge >= 0.3 is 5.97 Å². The third-order valence-electron chi connectivity index (χ3n) is 2.80. The van der Waals surface area contributed by atoms with Gasteiger partial charge < -0.3 is 19.5 Å². The van der Waals surface area contributed by atoms with Crippen LogP contribution < -0.4 is 14.8 Å². The number of nitrogens with one attached hydrogen (secondary N) is 1. The molecule has 120 valence electrons. The zero-order valence-corrected chi connectivity index (χ0v) is 13.2. The van der Waals surface area contributed by atoms with E-state index in [1.165, 1.54) is 27.2 Å². The fourth-order valence-electron chi connectivity index (χ4n) is 1.64. The maximum absolute atomic E-state index is 12.0. The second-order valence-corrected chi connectivity index (χ2v) is 4.45. The molecular weight excluding hydrogens is 286 g/mol. The summed E-state index contributed by atoms with van der Waals surface area (Å²) in [5.41, 5.74) is 0.523. The van der Waals surface area contributed by atoms with Crippen LogP contribution in [0.25, 0.3) is 0 Å². The van der Waals surface area contributed by atoms with Gasteiger partial charge in [-0.1, -0.05) is 13.0 Å². The number of hydrogen-bond acceptors (Lipinski definition) is 5. The van der Waals surface area contributed by atoms with Crippen molar-refractivity contribution in [3.63, 3.8) is 0 Å². The Morgan fingerprint density at radius 2 is 1.91 bits per heavy atom. The predicted octanol–water partition coefficient (Wildman–Crippen LogP) is 2.54. The van der Waals surface area contributed by atoms with Crippen LogP contribution in [0.1, 0.15) is 20.3 Å². The monoisotopic (exact) mass is 307 g/mol. The Bertz CT molecular complexity index is 553. The summed E-state index contributed by atoms with van der Waals surface area (Å²) in [6, 6.07) is 4.97. The lowest BCUT2D eigenvalue weighted by molar-refractivity contribution is -0.148. The number of hydrogen-bond donors (Lipinski definition) is 1. The maximum Gasteiger partial charge on any atom is 0.331 e. The summed E-state index contributed by atoms with van der Waals surface area (Å²) < 4.78 is 15.3. The fourth-order valence-corrected chi connectivity index (χ4v) is 1.64. The summed E-state index contributed by atoms with van der Waals surface area (Å²) in [6.45, 7) is 3.41. The molecule has 0 heterocycles. The highest BCUT2D eigenvalue weighted by Gasteiger charge is 2.17. The Balaban J connectivity index is 2.68. The molecule has 0 aliphatic carbocycles. The Morgan fingerprint density at radius 1 is 1.23 bits per heavy atom. The molecule has 6 heteroatoms. The van der Waals surface area contributed by atoms with Gasteiger partial charge in [0, 0.05) is 17.8 Å². The third-order valence-corrected chi connectivity index (χ3v) is 2.80. The van der Waals surface area contributed by atoms with E-state index in [1.54, 1.807) is 24.3 Å². The maximum atomic E-state index is 12.0. The number of esters is 1. The molecule has 1 aromatic carbocycles. The Kier molecular flexibility index (Phi) is 6.95. The molecular formula is C16H21NO5. The molecule has 0 aliphatic heterocycles. The van der Waals surface area contributed by atoms with Crippen molar-refractivity contribution in [3.05, 3.63) is 30.4 Å². The van der Waals surface area contributed by atoms with E-state index in [1.807, 2.05) is 6.92 Å². The highest BCUT2D eigenvalue weighted by molar-refractivity contribution is 5.96. The molecule has 0 bridgehead atoms. The van der Waals surface area contributed by atoms with E-state index < -0.39 is 18.0 Å². The third kappa shape index (κ3) is 5.12. The van der Waals surface area contributed by atoms with Crippen LogP contribution in [-0.2, 0) is 14.3 Å². The van der Waals surface area contributed by atoms with Crippen molar-refractivity contribution in [2.45, 2.75) is 26.4 Å². The molecule has 0 radical (unpaired) electrons. The van der Waals surface area contributed by atoms with Gasteiger partial charge in [-0.25, -0.2) is 4.79 Å². The molecule has 1 aromatic rings. The smallest absolute Gasteiger partial charge is 0.331 e.